The van der Waals surface area contributed by atoms with Gasteiger partial charge in [0, 0.05) is 14.0 Å². The highest BCUT2D eigenvalue weighted by molar-refractivity contribution is 5.60. The summed E-state index contributed by atoms with van der Waals surface area (Å²) in [6, 6.07) is 4.62. The second-order valence-corrected chi connectivity index (χ2v) is 3.02. The van der Waals surface area contributed by atoms with Gasteiger partial charge in [0.25, 0.3) is 5.92 Å². The predicted molar refractivity (Wildman–Crippen MR) is 52.1 cm³/mol. The van der Waals surface area contributed by atoms with Crippen LogP contribution in [0.1, 0.15) is 12.5 Å². The van der Waals surface area contributed by atoms with Crippen LogP contribution < -0.4 is 10.1 Å². The van der Waals surface area contributed by atoms with Gasteiger partial charge in [-0.05, 0) is 12.1 Å². The summed E-state index contributed by atoms with van der Waals surface area (Å²) in [5.74, 6) is -2.69. The molecule has 0 heterocycles. The lowest BCUT2D eigenvalue weighted by Crippen LogP contribution is -2.10. The molecular formula is C10H13F2NO. The average Bonchev–Trinajstić information content (AvgIpc) is 2.15. The van der Waals surface area contributed by atoms with Gasteiger partial charge in [0.2, 0.25) is 0 Å². The first-order chi connectivity index (χ1) is 6.50. The maximum atomic E-state index is 13.1. The Morgan fingerprint density at radius 1 is 1.36 bits per heavy atom. The number of anilines is 1. The summed E-state index contributed by atoms with van der Waals surface area (Å²) in [6.45, 7) is 0.851. The second-order valence-electron chi connectivity index (χ2n) is 3.02. The van der Waals surface area contributed by atoms with Crippen LogP contribution in [0.3, 0.4) is 0 Å². The maximum Gasteiger partial charge on any atom is 0.274 e. The Bertz CT molecular complexity index is 320. The Balaban J connectivity index is 3.29. The average molecular weight is 201 g/mol. The van der Waals surface area contributed by atoms with Gasteiger partial charge in [-0.2, -0.15) is 0 Å². The first-order valence-corrected chi connectivity index (χ1v) is 4.23. The van der Waals surface area contributed by atoms with Gasteiger partial charge in [-0.3, -0.25) is 0 Å². The molecule has 0 saturated heterocycles. The Morgan fingerprint density at radius 2 is 2.00 bits per heavy atom. The van der Waals surface area contributed by atoms with Crippen molar-refractivity contribution < 1.29 is 13.5 Å². The molecule has 1 rings (SSSR count). The van der Waals surface area contributed by atoms with E-state index in [0.29, 0.717) is 5.69 Å². The van der Waals surface area contributed by atoms with Crippen LogP contribution in [0.25, 0.3) is 0 Å². The fourth-order valence-electron chi connectivity index (χ4n) is 1.30. The van der Waals surface area contributed by atoms with E-state index in [-0.39, 0.29) is 11.3 Å². The van der Waals surface area contributed by atoms with Crippen LogP contribution in [-0.4, -0.2) is 14.2 Å². The maximum absolute atomic E-state index is 13.1. The zero-order chi connectivity index (χ0) is 10.8. The molecule has 2 nitrogen and oxygen atoms in total. The van der Waals surface area contributed by atoms with Crippen LogP contribution in [0, 0.1) is 0 Å². The third-order valence-electron chi connectivity index (χ3n) is 1.96. The van der Waals surface area contributed by atoms with Gasteiger partial charge in [0.15, 0.2) is 5.75 Å². The number of benzene rings is 1. The number of ether oxygens (including phenoxy) is 1. The van der Waals surface area contributed by atoms with Gasteiger partial charge < -0.3 is 10.1 Å². The molecule has 0 saturated carbocycles. The molecule has 0 amide bonds. The van der Waals surface area contributed by atoms with Crippen molar-refractivity contribution in [2.24, 2.45) is 0 Å². The SMILES string of the molecule is CNc1cccc(C(C)(F)F)c1OC. The number of halogens is 2. The summed E-state index contributed by atoms with van der Waals surface area (Å²) < 4.78 is 31.2. The summed E-state index contributed by atoms with van der Waals surface area (Å²) in [5.41, 5.74) is 0.457. The smallest absolute Gasteiger partial charge is 0.274 e. The molecule has 0 bridgehead atoms. The number of hydrogen-bond acceptors (Lipinski definition) is 2. The van der Waals surface area contributed by atoms with Gasteiger partial charge in [0.05, 0.1) is 18.4 Å². The fraction of sp³-hybridized carbons (Fsp3) is 0.400. The van der Waals surface area contributed by atoms with Gasteiger partial charge in [-0.15, -0.1) is 0 Å². The molecule has 0 aliphatic heterocycles. The first-order valence-electron chi connectivity index (χ1n) is 4.23. The molecule has 1 N–H and O–H groups in total. The van der Waals surface area contributed by atoms with Crippen LogP contribution >= 0.6 is 0 Å². The topological polar surface area (TPSA) is 21.3 Å². The quantitative estimate of drug-likeness (QED) is 0.811. The van der Waals surface area contributed by atoms with Crippen molar-refractivity contribution in [3.8, 4) is 5.75 Å². The highest BCUT2D eigenvalue weighted by Crippen LogP contribution is 2.38. The minimum Gasteiger partial charge on any atom is -0.494 e. The van der Waals surface area contributed by atoms with E-state index in [2.05, 4.69) is 5.32 Å². The largest absolute Gasteiger partial charge is 0.494 e. The number of para-hydroxylation sites is 1. The molecule has 0 radical (unpaired) electrons. The third-order valence-corrected chi connectivity index (χ3v) is 1.96. The monoisotopic (exact) mass is 201 g/mol. The van der Waals surface area contributed by atoms with Crippen molar-refractivity contribution >= 4 is 5.69 Å². The third kappa shape index (κ3) is 1.95. The number of methoxy groups -OCH3 is 1. The van der Waals surface area contributed by atoms with Crippen LogP contribution in [0.15, 0.2) is 18.2 Å². The van der Waals surface area contributed by atoms with Crippen LogP contribution in [-0.2, 0) is 5.92 Å². The standard InChI is InChI=1S/C10H13F2NO/c1-10(11,12)7-5-4-6-8(13-2)9(7)14-3/h4-6,13H,1-3H3. The van der Waals surface area contributed by atoms with Crippen molar-refractivity contribution in [1.82, 2.24) is 0 Å². The molecule has 14 heavy (non-hydrogen) atoms. The first kappa shape index (κ1) is 10.8. The molecule has 4 heteroatoms. The van der Waals surface area contributed by atoms with Crippen LogP contribution in [0.5, 0.6) is 5.75 Å². The molecular weight excluding hydrogens is 188 g/mol. The van der Waals surface area contributed by atoms with Crippen molar-refractivity contribution in [3.63, 3.8) is 0 Å². The molecule has 0 aliphatic rings. The van der Waals surface area contributed by atoms with Crippen molar-refractivity contribution in [3.05, 3.63) is 23.8 Å². The van der Waals surface area contributed by atoms with Gasteiger partial charge in [0.1, 0.15) is 0 Å². The number of hydrogen-bond donors (Lipinski definition) is 1. The Hall–Kier alpha value is -1.32. The Labute approximate surface area is 81.9 Å². The highest BCUT2D eigenvalue weighted by atomic mass is 19.3. The van der Waals surface area contributed by atoms with E-state index in [4.69, 9.17) is 4.74 Å². The van der Waals surface area contributed by atoms with Crippen molar-refractivity contribution in [2.45, 2.75) is 12.8 Å². The normalized spacial score (nSPS) is 11.2. The lowest BCUT2D eigenvalue weighted by Gasteiger charge is -2.17. The van der Waals surface area contributed by atoms with Gasteiger partial charge >= 0.3 is 0 Å². The minimum atomic E-state index is -2.89. The van der Waals surface area contributed by atoms with E-state index >= 15 is 0 Å². The predicted octanol–water partition coefficient (Wildman–Crippen LogP) is 2.85. The van der Waals surface area contributed by atoms with Gasteiger partial charge in [-0.1, -0.05) is 6.07 Å². The summed E-state index contributed by atoms with van der Waals surface area (Å²) >= 11 is 0. The Morgan fingerprint density at radius 3 is 2.43 bits per heavy atom. The molecule has 0 unspecified atom stereocenters. The molecule has 0 fully saturated rings. The number of rotatable bonds is 3. The zero-order valence-electron chi connectivity index (χ0n) is 8.40. The molecule has 1 aromatic rings. The second kappa shape index (κ2) is 3.82. The summed E-state index contributed by atoms with van der Waals surface area (Å²) in [7, 11) is 3.04. The minimum absolute atomic E-state index is 0.105. The van der Waals surface area contributed by atoms with Crippen LogP contribution in [0.4, 0.5) is 14.5 Å². The molecule has 0 aliphatic carbocycles. The van der Waals surface area contributed by atoms with E-state index in [1.54, 1.807) is 19.2 Å². The summed E-state index contributed by atoms with van der Waals surface area (Å²) in [6.07, 6.45) is 0. The lowest BCUT2D eigenvalue weighted by atomic mass is 10.1. The zero-order valence-corrected chi connectivity index (χ0v) is 8.40. The summed E-state index contributed by atoms with van der Waals surface area (Å²) in [4.78, 5) is 0. The van der Waals surface area contributed by atoms with E-state index in [0.717, 1.165) is 6.92 Å². The van der Waals surface area contributed by atoms with Crippen LogP contribution in [0.2, 0.25) is 0 Å². The van der Waals surface area contributed by atoms with Crippen molar-refractivity contribution in [2.75, 3.05) is 19.5 Å². The van der Waals surface area contributed by atoms with Crippen molar-refractivity contribution in [1.29, 1.82) is 0 Å². The van der Waals surface area contributed by atoms with E-state index in [1.807, 2.05) is 0 Å². The summed E-state index contributed by atoms with van der Waals surface area (Å²) in [5, 5.41) is 2.80. The highest BCUT2D eigenvalue weighted by Gasteiger charge is 2.29. The molecule has 0 atom stereocenters. The number of nitrogens with one attached hydrogen (secondary N) is 1. The molecule has 1 aromatic carbocycles. The van der Waals surface area contributed by atoms with Gasteiger partial charge in [-0.25, -0.2) is 8.78 Å². The molecule has 78 valence electrons. The molecule has 0 spiro atoms. The van der Waals surface area contributed by atoms with E-state index < -0.39 is 5.92 Å². The molecule has 0 aromatic heterocycles. The van der Waals surface area contributed by atoms with E-state index in [9.17, 15) is 8.78 Å². The number of alkyl halides is 2. The fourth-order valence-corrected chi connectivity index (χ4v) is 1.30. The Kier molecular flexibility index (Phi) is 2.93. The van der Waals surface area contributed by atoms with E-state index in [1.165, 1.54) is 13.2 Å². The lowest BCUT2D eigenvalue weighted by molar-refractivity contribution is 0.0152.